The number of methoxy groups -OCH3 is 1. The van der Waals surface area contributed by atoms with Gasteiger partial charge in [0.15, 0.2) is 0 Å². The van der Waals surface area contributed by atoms with Gasteiger partial charge in [0.1, 0.15) is 5.75 Å². The van der Waals surface area contributed by atoms with E-state index >= 15 is 0 Å². The first-order valence-electron chi connectivity index (χ1n) is 9.29. The lowest BCUT2D eigenvalue weighted by molar-refractivity contribution is -0.140. The third kappa shape index (κ3) is 4.37. The van der Waals surface area contributed by atoms with Crippen LogP contribution in [0.4, 0.5) is 5.69 Å². The highest BCUT2D eigenvalue weighted by molar-refractivity contribution is 5.74. The molecule has 0 unspecified atom stereocenters. The van der Waals surface area contributed by atoms with Crippen molar-refractivity contribution >= 4 is 11.7 Å². The minimum atomic E-state index is -0.193. The molecule has 0 heterocycles. The van der Waals surface area contributed by atoms with Gasteiger partial charge in [-0.1, -0.05) is 12.1 Å². The summed E-state index contributed by atoms with van der Waals surface area (Å²) in [5.74, 6) is 0.712. The number of hydrogen-bond donors (Lipinski definition) is 1. The number of rotatable bonds is 6. The summed E-state index contributed by atoms with van der Waals surface area (Å²) in [5.41, 5.74) is 11.1. The standard InChI is InChI=1S/C22H27NO3/c1-15-13-17(9-10-20(15)23)19-14-16(8-12-22(24)25-2)7-11-21(19)26-18-5-3-4-6-18/h7,9-11,13-14,18H,3-6,8,12,23H2,1-2H3. The lowest BCUT2D eigenvalue weighted by Crippen LogP contribution is -2.11. The summed E-state index contributed by atoms with van der Waals surface area (Å²) < 4.78 is 11.1. The quantitative estimate of drug-likeness (QED) is 0.605. The average Bonchev–Trinajstić information content (AvgIpc) is 3.16. The van der Waals surface area contributed by atoms with Crippen molar-refractivity contribution in [2.45, 2.75) is 51.6 Å². The lowest BCUT2D eigenvalue weighted by Gasteiger charge is -2.18. The number of esters is 1. The molecule has 0 aliphatic heterocycles. The van der Waals surface area contributed by atoms with E-state index in [0.717, 1.165) is 46.5 Å². The Morgan fingerprint density at radius 3 is 2.62 bits per heavy atom. The zero-order valence-corrected chi connectivity index (χ0v) is 15.6. The highest BCUT2D eigenvalue weighted by atomic mass is 16.5. The summed E-state index contributed by atoms with van der Waals surface area (Å²) in [6.45, 7) is 2.01. The summed E-state index contributed by atoms with van der Waals surface area (Å²) in [5, 5.41) is 0. The normalized spacial score (nSPS) is 14.4. The van der Waals surface area contributed by atoms with Crippen LogP contribution in [0.5, 0.6) is 5.75 Å². The molecule has 4 nitrogen and oxygen atoms in total. The van der Waals surface area contributed by atoms with E-state index in [-0.39, 0.29) is 5.97 Å². The first-order valence-corrected chi connectivity index (χ1v) is 9.29. The van der Waals surface area contributed by atoms with Crippen molar-refractivity contribution < 1.29 is 14.3 Å². The number of aryl methyl sites for hydroxylation is 2. The maximum atomic E-state index is 11.5. The summed E-state index contributed by atoms with van der Waals surface area (Å²) >= 11 is 0. The Bertz CT molecular complexity index is 779. The van der Waals surface area contributed by atoms with Crippen LogP contribution in [0.25, 0.3) is 11.1 Å². The zero-order chi connectivity index (χ0) is 18.5. The highest BCUT2D eigenvalue weighted by Crippen LogP contribution is 2.35. The third-order valence-electron chi connectivity index (χ3n) is 5.07. The number of nitrogens with two attached hydrogens (primary N) is 1. The Kier molecular flexibility index (Phi) is 5.82. The number of ether oxygens (including phenoxy) is 2. The Balaban J connectivity index is 1.92. The van der Waals surface area contributed by atoms with Crippen molar-refractivity contribution in [3.05, 3.63) is 47.5 Å². The van der Waals surface area contributed by atoms with E-state index in [0.29, 0.717) is 18.9 Å². The third-order valence-corrected chi connectivity index (χ3v) is 5.07. The van der Waals surface area contributed by atoms with Gasteiger partial charge in [-0.05, 0) is 80.0 Å². The van der Waals surface area contributed by atoms with Crippen LogP contribution >= 0.6 is 0 Å². The summed E-state index contributed by atoms with van der Waals surface area (Å²) in [6, 6.07) is 12.3. The molecule has 0 saturated heterocycles. The molecule has 2 aromatic carbocycles. The van der Waals surface area contributed by atoms with Crippen LogP contribution in [0.3, 0.4) is 0 Å². The van der Waals surface area contributed by atoms with E-state index in [1.807, 2.05) is 31.2 Å². The van der Waals surface area contributed by atoms with Gasteiger partial charge in [-0.25, -0.2) is 0 Å². The molecule has 3 rings (SSSR count). The number of carbonyl (C=O) groups excluding carboxylic acids is 1. The molecule has 2 aromatic rings. The Labute approximate surface area is 155 Å². The molecule has 0 spiro atoms. The number of nitrogen functional groups attached to an aromatic ring is 1. The maximum absolute atomic E-state index is 11.5. The van der Waals surface area contributed by atoms with Gasteiger partial charge in [-0.15, -0.1) is 0 Å². The number of carbonyl (C=O) groups is 1. The van der Waals surface area contributed by atoms with Gasteiger partial charge in [-0.3, -0.25) is 4.79 Å². The fraction of sp³-hybridized carbons (Fsp3) is 0.409. The van der Waals surface area contributed by atoms with Gasteiger partial charge in [0.25, 0.3) is 0 Å². The predicted octanol–water partition coefficient (Wildman–Crippen LogP) is 4.67. The van der Waals surface area contributed by atoms with Crippen molar-refractivity contribution in [3.63, 3.8) is 0 Å². The van der Waals surface area contributed by atoms with Crippen LogP contribution in [-0.4, -0.2) is 19.2 Å². The molecular weight excluding hydrogens is 326 g/mol. The highest BCUT2D eigenvalue weighted by Gasteiger charge is 2.19. The first-order chi connectivity index (χ1) is 12.6. The number of benzene rings is 2. The molecule has 2 N–H and O–H groups in total. The Hall–Kier alpha value is -2.49. The molecule has 0 bridgehead atoms. The van der Waals surface area contributed by atoms with Crippen molar-refractivity contribution in [2.24, 2.45) is 0 Å². The van der Waals surface area contributed by atoms with Gasteiger partial charge >= 0.3 is 5.97 Å². The molecule has 0 radical (unpaired) electrons. The van der Waals surface area contributed by atoms with Crippen LogP contribution in [-0.2, 0) is 16.0 Å². The Morgan fingerprint density at radius 2 is 1.92 bits per heavy atom. The van der Waals surface area contributed by atoms with Gasteiger partial charge in [-0.2, -0.15) is 0 Å². The van der Waals surface area contributed by atoms with Crippen molar-refractivity contribution in [3.8, 4) is 16.9 Å². The van der Waals surface area contributed by atoms with Gasteiger partial charge in [0, 0.05) is 17.7 Å². The fourth-order valence-corrected chi connectivity index (χ4v) is 3.44. The van der Waals surface area contributed by atoms with Crippen LogP contribution in [0, 0.1) is 6.92 Å². The molecular formula is C22H27NO3. The van der Waals surface area contributed by atoms with Crippen molar-refractivity contribution in [1.29, 1.82) is 0 Å². The second-order valence-corrected chi connectivity index (χ2v) is 7.00. The van der Waals surface area contributed by atoms with Crippen LogP contribution in [0.15, 0.2) is 36.4 Å². The molecule has 0 amide bonds. The van der Waals surface area contributed by atoms with Crippen LogP contribution in [0.2, 0.25) is 0 Å². The molecule has 0 atom stereocenters. The van der Waals surface area contributed by atoms with Crippen LogP contribution in [0.1, 0.15) is 43.2 Å². The van der Waals surface area contributed by atoms with Crippen molar-refractivity contribution in [2.75, 3.05) is 12.8 Å². The number of hydrogen-bond acceptors (Lipinski definition) is 4. The van der Waals surface area contributed by atoms with E-state index in [9.17, 15) is 4.79 Å². The second kappa shape index (κ2) is 8.26. The SMILES string of the molecule is COC(=O)CCc1ccc(OC2CCCC2)c(-c2ccc(N)c(C)c2)c1. The molecule has 1 aliphatic rings. The molecule has 1 saturated carbocycles. The average molecular weight is 353 g/mol. The monoisotopic (exact) mass is 353 g/mol. The second-order valence-electron chi connectivity index (χ2n) is 7.00. The summed E-state index contributed by atoms with van der Waals surface area (Å²) in [4.78, 5) is 11.5. The molecule has 0 aromatic heterocycles. The van der Waals surface area contributed by atoms with Crippen LogP contribution < -0.4 is 10.5 Å². The molecule has 26 heavy (non-hydrogen) atoms. The lowest BCUT2D eigenvalue weighted by atomic mass is 9.98. The molecule has 1 aliphatic carbocycles. The van der Waals surface area contributed by atoms with Crippen molar-refractivity contribution in [1.82, 2.24) is 0 Å². The summed E-state index contributed by atoms with van der Waals surface area (Å²) in [7, 11) is 1.42. The van der Waals surface area contributed by atoms with E-state index in [2.05, 4.69) is 12.1 Å². The molecule has 138 valence electrons. The minimum absolute atomic E-state index is 0.193. The molecule has 4 heteroatoms. The number of anilines is 1. The first kappa shape index (κ1) is 18.3. The van der Waals surface area contributed by atoms with E-state index in [1.165, 1.54) is 20.0 Å². The van der Waals surface area contributed by atoms with Gasteiger partial charge in [0.05, 0.1) is 13.2 Å². The molecule has 1 fully saturated rings. The maximum Gasteiger partial charge on any atom is 0.305 e. The van der Waals surface area contributed by atoms with E-state index < -0.39 is 0 Å². The smallest absolute Gasteiger partial charge is 0.305 e. The Morgan fingerprint density at radius 1 is 1.15 bits per heavy atom. The predicted molar refractivity (Wildman–Crippen MR) is 104 cm³/mol. The zero-order valence-electron chi connectivity index (χ0n) is 15.6. The largest absolute Gasteiger partial charge is 0.490 e. The fourth-order valence-electron chi connectivity index (χ4n) is 3.44. The van der Waals surface area contributed by atoms with Gasteiger partial charge in [0.2, 0.25) is 0 Å². The van der Waals surface area contributed by atoms with E-state index in [1.54, 1.807) is 0 Å². The summed E-state index contributed by atoms with van der Waals surface area (Å²) in [6.07, 6.45) is 6.02. The van der Waals surface area contributed by atoms with E-state index in [4.69, 9.17) is 15.2 Å². The minimum Gasteiger partial charge on any atom is -0.490 e. The van der Waals surface area contributed by atoms with Gasteiger partial charge < -0.3 is 15.2 Å². The topological polar surface area (TPSA) is 61.5 Å².